The third-order valence-corrected chi connectivity index (χ3v) is 7.02. The van der Waals surface area contributed by atoms with Gasteiger partial charge in [0.1, 0.15) is 5.58 Å². The van der Waals surface area contributed by atoms with E-state index < -0.39 is 0 Å². The average molecular weight is 428 g/mol. The Hall–Kier alpha value is -3.45. The number of carbonyl (C=O) groups excluding carboxylic acids is 1. The van der Waals surface area contributed by atoms with Crippen LogP contribution in [0.2, 0.25) is 0 Å². The number of nitrogens with one attached hydrogen (secondary N) is 2. The van der Waals surface area contributed by atoms with Crippen LogP contribution in [0.5, 0.6) is 0 Å². The number of H-pyrrole nitrogens is 1. The smallest absolute Gasteiger partial charge is 0.253 e. The Kier molecular flexibility index (Phi) is 4.40. The van der Waals surface area contributed by atoms with Gasteiger partial charge in [-0.25, -0.2) is 9.97 Å². The molecule has 2 aliphatic rings. The number of amides is 1. The number of aromatic amines is 1. The summed E-state index contributed by atoms with van der Waals surface area (Å²) in [5.74, 6) is 1.14. The Bertz CT molecular complexity index is 1280. The first kappa shape index (κ1) is 19.3. The Labute approximate surface area is 185 Å². The van der Waals surface area contributed by atoms with E-state index in [2.05, 4.69) is 27.1 Å². The molecule has 3 aromatic heterocycles. The van der Waals surface area contributed by atoms with Gasteiger partial charge >= 0.3 is 0 Å². The second-order valence-electron chi connectivity index (χ2n) is 8.78. The van der Waals surface area contributed by atoms with Gasteiger partial charge in [-0.3, -0.25) is 4.79 Å². The van der Waals surface area contributed by atoms with Crippen LogP contribution in [0.25, 0.3) is 33.9 Å². The van der Waals surface area contributed by atoms with Crippen molar-refractivity contribution in [3.63, 3.8) is 0 Å². The average Bonchev–Trinajstić information content (AvgIpc) is 3.48. The van der Waals surface area contributed by atoms with Gasteiger partial charge in [0.25, 0.3) is 5.91 Å². The molecule has 0 unspecified atom stereocenters. The van der Waals surface area contributed by atoms with Crippen molar-refractivity contribution < 1.29 is 9.21 Å². The first-order valence-corrected chi connectivity index (χ1v) is 11.2. The van der Waals surface area contributed by atoms with Crippen LogP contribution in [0.3, 0.4) is 0 Å². The lowest BCUT2D eigenvalue weighted by Crippen LogP contribution is -2.52. The van der Waals surface area contributed by atoms with Gasteiger partial charge in [0.05, 0.1) is 17.0 Å². The summed E-state index contributed by atoms with van der Waals surface area (Å²) in [7, 11) is 0. The lowest BCUT2D eigenvalue weighted by Gasteiger charge is -2.43. The standard InChI is InChI=1S/C25H25N5O2/c1-2-30-11-8-25(9-12-30)15-27-24(31)17-14-19(28-22(17)25)18-7-10-26-23(29-18)21-13-16-5-3-4-6-20(16)32-21/h3-7,10,13-14,28H,2,8-9,11-12,15H2,1H3,(H,27,31). The van der Waals surface area contributed by atoms with Gasteiger partial charge in [-0.05, 0) is 56.7 Å². The summed E-state index contributed by atoms with van der Waals surface area (Å²) >= 11 is 0. The summed E-state index contributed by atoms with van der Waals surface area (Å²) in [6.45, 7) is 6.04. The molecule has 0 saturated carbocycles. The second-order valence-corrected chi connectivity index (χ2v) is 8.78. The van der Waals surface area contributed by atoms with Crippen LogP contribution in [0, 0.1) is 0 Å². The number of para-hydroxylation sites is 1. The number of piperidine rings is 1. The van der Waals surface area contributed by atoms with Crippen molar-refractivity contribution in [2.24, 2.45) is 0 Å². The molecule has 1 spiro atoms. The highest BCUT2D eigenvalue weighted by molar-refractivity contribution is 5.98. The highest BCUT2D eigenvalue weighted by Gasteiger charge is 2.43. The van der Waals surface area contributed by atoms with Crippen molar-refractivity contribution in [2.45, 2.75) is 25.2 Å². The molecule has 0 radical (unpaired) electrons. The van der Waals surface area contributed by atoms with Crippen molar-refractivity contribution in [3.8, 4) is 23.0 Å². The molecule has 1 amide bonds. The summed E-state index contributed by atoms with van der Waals surface area (Å²) in [5.41, 5.74) is 4.14. The number of hydrogen-bond acceptors (Lipinski definition) is 5. The number of carbonyl (C=O) groups is 1. The van der Waals surface area contributed by atoms with Crippen molar-refractivity contribution in [2.75, 3.05) is 26.2 Å². The molecule has 0 atom stereocenters. The first-order valence-electron chi connectivity index (χ1n) is 11.2. The Morgan fingerprint density at radius 2 is 2.00 bits per heavy atom. The third kappa shape index (κ3) is 3.04. The number of hydrogen-bond donors (Lipinski definition) is 2. The molecule has 0 bridgehead atoms. The largest absolute Gasteiger partial charge is 0.453 e. The van der Waals surface area contributed by atoms with Gasteiger partial charge in [0, 0.05) is 29.2 Å². The molecule has 2 aliphatic heterocycles. The SMILES string of the molecule is CCN1CCC2(CC1)CNC(=O)c1cc(-c3ccnc(-c4cc5ccccc5o4)n3)[nH]c12. The molecule has 1 aromatic carbocycles. The summed E-state index contributed by atoms with van der Waals surface area (Å²) in [5, 5.41) is 4.14. The zero-order valence-electron chi connectivity index (χ0n) is 18.0. The third-order valence-electron chi connectivity index (χ3n) is 7.02. The minimum absolute atomic E-state index is 0.0161. The van der Waals surface area contributed by atoms with E-state index in [-0.39, 0.29) is 11.3 Å². The molecule has 1 saturated heterocycles. The predicted octanol–water partition coefficient (Wildman–Crippen LogP) is 3.98. The van der Waals surface area contributed by atoms with Gasteiger partial charge in [-0.1, -0.05) is 25.1 Å². The van der Waals surface area contributed by atoms with E-state index in [1.165, 1.54) is 0 Å². The zero-order chi connectivity index (χ0) is 21.7. The number of fused-ring (bicyclic) bond motifs is 3. The topological polar surface area (TPSA) is 87.1 Å². The minimum Gasteiger partial charge on any atom is -0.453 e. The normalized spacial score (nSPS) is 18.1. The zero-order valence-corrected chi connectivity index (χ0v) is 18.0. The van der Waals surface area contributed by atoms with E-state index in [4.69, 9.17) is 9.40 Å². The summed E-state index contributed by atoms with van der Waals surface area (Å²) in [6, 6.07) is 13.6. The summed E-state index contributed by atoms with van der Waals surface area (Å²) in [4.78, 5) is 27.9. The number of likely N-dealkylation sites (tertiary alicyclic amines) is 1. The molecule has 6 rings (SSSR count). The summed E-state index contributed by atoms with van der Waals surface area (Å²) in [6.07, 6.45) is 3.80. The maximum Gasteiger partial charge on any atom is 0.253 e. The predicted molar refractivity (Wildman–Crippen MR) is 122 cm³/mol. The molecule has 2 N–H and O–H groups in total. The molecule has 0 aliphatic carbocycles. The number of aromatic nitrogens is 3. The molecule has 32 heavy (non-hydrogen) atoms. The van der Waals surface area contributed by atoms with E-state index >= 15 is 0 Å². The van der Waals surface area contributed by atoms with Crippen molar-refractivity contribution in [1.82, 2.24) is 25.2 Å². The van der Waals surface area contributed by atoms with Crippen LogP contribution in [-0.4, -0.2) is 51.9 Å². The Balaban J connectivity index is 1.38. The molecular weight excluding hydrogens is 402 g/mol. The Morgan fingerprint density at radius 3 is 2.81 bits per heavy atom. The van der Waals surface area contributed by atoms with Gasteiger partial charge in [-0.2, -0.15) is 0 Å². The fraction of sp³-hybridized carbons (Fsp3) is 0.320. The molecular formula is C25H25N5O2. The maximum atomic E-state index is 12.7. The van der Waals surface area contributed by atoms with Crippen LogP contribution < -0.4 is 5.32 Å². The van der Waals surface area contributed by atoms with Crippen LogP contribution in [0.15, 0.2) is 53.1 Å². The van der Waals surface area contributed by atoms with E-state index in [1.807, 2.05) is 42.5 Å². The van der Waals surface area contributed by atoms with E-state index in [0.29, 0.717) is 18.1 Å². The molecule has 5 heterocycles. The number of nitrogens with zero attached hydrogens (tertiary/aromatic N) is 3. The molecule has 4 aromatic rings. The van der Waals surface area contributed by atoms with Crippen LogP contribution >= 0.6 is 0 Å². The van der Waals surface area contributed by atoms with Crippen LogP contribution in [-0.2, 0) is 5.41 Å². The van der Waals surface area contributed by atoms with Gasteiger partial charge in [-0.15, -0.1) is 0 Å². The first-order chi connectivity index (χ1) is 15.6. The molecule has 1 fully saturated rings. The fourth-order valence-corrected chi connectivity index (χ4v) is 5.07. The highest BCUT2D eigenvalue weighted by Crippen LogP contribution is 2.40. The van der Waals surface area contributed by atoms with E-state index in [0.717, 1.165) is 66.1 Å². The fourth-order valence-electron chi connectivity index (χ4n) is 5.07. The second kappa shape index (κ2) is 7.31. The van der Waals surface area contributed by atoms with E-state index in [1.54, 1.807) is 6.20 Å². The van der Waals surface area contributed by atoms with Gasteiger partial charge in [0.2, 0.25) is 0 Å². The van der Waals surface area contributed by atoms with Crippen molar-refractivity contribution in [1.29, 1.82) is 0 Å². The molecule has 7 heteroatoms. The monoisotopic (exact) mass is 427 g/mol. The van der Waals surface area contributed by atoms with Crippen molar-refractivity contribution in [3.05, 3.63) is 59.9 Å². The highest BCUT2D eigenvalue weighted by atomic mass is 16.3. The lowest BCUT2D eigenvalue weighted by molar-refractivity contribution is 0.0885. The lowest BCUT2D eigenvalue weighted by atomic mass is 9.72. The number of rotatable bonds is 3. The minimum atomic E-state index is -0.0399. The molecule has 162 valence electrons. The molecule has 7 nitrogen and oxygen atoms in total. The quantitative estimate of drug-likeness (QED) is 0.516. The number of furan rings is 1. The Morgan fingerprint density at radius 1 is 1.16 bits per heavy atom. The van der Waals surface area contributed by atoms with Crippen molar-refractivity contribution >= 4 is 16.9 Å². The van der Waals surface area contributed by atoms with Crippen LogP contribution in [0.4, 0.5) is 0 Å². The van der Waals surface area contributed by atoms with Gasteiger partial charge in [0.15, 0.2) is 11.6 Å². The van der Waals surface area contributed by atoms with E-state index in [9.17, 15) is 4.79 Å². The summed E-state index contributed by atoms with van der Waals surface area (Å²) < 4.78 is 5.95. The number of benzene rings is 1. The van der Waals surface area contributed by atoms with Crippen LogP contribution in [0.1, 0.15) is 35.8 Å². The maximum absolute atomic E-state index is 12.7. The van der Waals surface area contributed by atoms with Gasteiger partial charge < -0.3 is 19.6 Å².